The summed E-state index contributed by atoms with van der Waals surface area (Å²) in [5.74, 6) is 0. The Morgan fingerprint density at radius 2 is 1.46 bits per heavy atom. The second-order valence-corrected chi connectivity index (χ2v) is 6.33. The molecule has 0 N–H and O–H groups in total. The number of hydrogen-bond acceptors (Lipinski definition) is 2. The van der Waals surface area contributed by atoms with Crippen molar-refractivity contribution in [1.82, 2.24) is 0 Å². The van der Waals surface area contributed by atoms with Gasteiger partial charge in [-0.05, 0) is 57.8 Å². The smallest absolute Gasteiger partial charge is 0.258 e. The van der Waals surface area contributed by atoms with Gasteiger partial charge in [-0.25, -0.2) is 0 Å². The molecule has 0 fully saturated rings. The van der Waals surface area contributed by atoms with Crippen molar-refractivity contribution in [1.29, 1.82) is 0 Å². The molecule has 0 aliphatic carbocycles. The van der Waals surface area contributed by atoms with Crippen LogP contribution in [0.5, 0.6) is 0 Å². The number of nitro groups is 1. The molecule has 4 aromatic carbocycles. The summed E-state index contributed by atoms with van der Waals surface area (Å²) in [7, 11) is 0. The maximum atomic E-state index is 11.3. The molecule has 126 valence electrons. The number of nitrogens with zero attached hydrogens (tertiary/aromatic N) is 1. The topological polar surface area (TPSA) is 43.1 Å². The van der Waals surface area contributed by atoms with E-state index in [1.54, 1.807) is 12.1 Å². The SMILES string of the molecule is CC(=Cc1ccccc1[N+](=O)[O-])c1cc2ccccc2c2ccccc12. The van der Waals surface area contributed by atoms with E-state index in [-0.39, 0.29) is 10.6 Å². The van der Waals surface area contributed by atoms with Gasteiger partial charge in [0.05, 0.1) is 10.5 Å². The van der Waals surface area contributed by atoms with Gasteiger partial charge in [0.2, 0.25) is 0 Å². The molecule has 0 saturated carbocycles. The van der Waals surface area contributed by atoms with Crippen LogP contribution in [0.1, 0.15) is 18.1 Å². The zero-order valence-electron chi connectivity index (χ0n) is 14.3. The van der Waals surface area contributed by atoms with Crippen LogP contribution in [0.25, 0.3) is 33.2 Å². The van der Waals surface area contributed by atoms with Crippen molar-refractivity contribution in [3.63, 3.8) is 0 Å². The molecule has 0 aromatic heterocycles. The van der Waals surface area contributed by atoms with Crippen LogP contribution in [0.4, 0.5) is 5.69 Å². The highest BCUT2D eigenvalue weighted by Crippen LogP contribution is 2.33. The van der Waals surface area contributed by atoms with E-state index < -0.39 is 0 Å². The Hall–Kier alpha value is -3.46. The lowest BCUT2D eigenvalue weighted by atomic mass is 9.93. The molecule has 0 heterocycles. The van der Waals surface area contributed by atoms with Crippen molar-refractivity contribution in [2.24, 2.45) is 0 Å². The second kappa shape index (κ2) is 6.45. The Morgan fingerprint density at radius 3 is 2.23 bits per heavy atom. The van der Waals surface area contributed by atoms with E-state index in [2.05, 4.69) is 30.3 Å². The van der Waals surface area contributed by atoms with Crippen molar-refractivity contribution in [2.75, 3.05) is 0 Å². The highest BCUT2D eigenvalue weighted by atomic mass is 16.6. The summed E-state index contributed by atoms with van der Waals surface area (Å²) >= 11 is 0. The first kappa shape index (κ1) is 16.0. The van der Waals surface area contributed by atoms with E-state index in [1.807, 2.05) is 43.3 Å². The Kier molecular flexibility index (Phi) is 3.98. The standard InChI is InChI=1S/C23H17NO2/c1-16(14-18-9-3-7-13-23(18)24(25)26)22-15-17-8-2-4-10-19(17)20-11-5-6-12-21(20)22/h2-15H,1H3. The first-order chi connectivity index (χ1) is 12.6. The van der Waals surface area contributed by atoms with E-state index in [9.17, 15) is 10.1 Å². The van der Waals surface area contributed by atoms with E-state index in [0.29, 0.717) is 5.56 Å². The van der Waals surface area contributed by atoms with Gasteiger partial charge < -0.3 is 0 Å². The van der Waals surface area contributed by atoms with Gasteiger partial charge in [-0.1, -0.05) is 60.7 Å². The number of fused-ring (bicyclic) bond motifs is 3. The minimum absolute atomic E-state index is 0.122. The molecule has 4 aromatic rings. The molecule has 0 spiro atoms. The minimum atomic E-state index is -0.336. The minimum Gasteiger partial charge on any atom is -0.258 e. The molecule has 3 heteroatoms. The van der Waals surface area contributed by atoms with Gasteiger partial charge in [0, 0.05) is 6.07 Å². The van der Waals surface area contributed by atoms with Gasteiger partial charge in [0.25, 0.3) is 5.69 Å². The van der Waals surface area contributed by atoms with Crippen molar-refractivity contribution in [2.45, 2.75) is 6.92 Å². The molecular weight excluding hydrogens is 322 g/mol. The Morgan fingerprint density at radius 1 is 0.846 bits per heavy atom. The van der Waals surface area contributed by atoms with Crippen molar-refractivity contribution in [3.8, 4) is 0 Å². The summed E-state index contributed by atoms with van der Waals surface area (Å²) in [6, 6.07) is 25.6. The number of nitro benzene ring substituents is 1. The maximum absolute atomic E-state index is 11.3. The molecule has 0 aliphatic heterocycles. The third kappa shape index (κ3) is 2.74. The van der Waals surface area contributed by atoms with Crippen molar-refractivity contribution < 1.29 is 4.92 Å². The molecule has 3 nitrogen and oxygen atoms in total. The molecule has 26 heavy (non-hydrogen) atoms. The number of rotatable bonds is 3. The summed E-state index contributed by atoms with van der Waals surface area (Å²) < 4.78 is 0. The molecule has 0 saturated heterocycles. The van der Waals surface area contributed by atoms with Crippen LogP contribution in [0.15, 0.2) is 78.9 Å². The third-order valence-corrected chi connectivity index (χ3v) is 4.70. The lowest BCUT2D eigenvalue weighted by molar-refractivity contribution is -0.385. The summed E-state index contributed by atoms with van der Waals surface area (Å²) in [5.41, 5.74) is 2.84. The fourth-order valence-corrected chi connectivity index (χ4v) is 3.47. The van der Waals surface area contributed by atoms with E-state index >= 15 is 0 Å². The van der Waals surface area contributed by atoms with E-state index in [0.717, 1.165) is 21.9 Å². The highest BCUT2D eigenvalue weighted by Gasteiger charge is 2.12. The normalized spacial score (nSPS) is 11.8. The van der Waals surface area contributed by atoms with Crippen LogP contribution in [0, 0.1) is 10.1 Å². The predicted molar refractivity (Wildman–Crippen MR) is 108 cm³/mol. The maximum Gasteiger partial charge on any atom is 0.276 e. The lowest BCUT2D eigenvalue weighted by Gasteiger charge is -2.11. The van der Waals surface area contributed by atoms with Crippen LogP contribution in [0.3, 0.4) is 0 Å². The van der Waals surface area contributed by atoms with Gasteiger partial charge in [-0.15, -0.1) is 0 Å². The summed E-state index contributed by atoms with van der Waals surface area (Å²) in [4.78, 5) is 11.0. The fraction of sp³-hybridized carbons (Fsp3) is 0.0435. The van der Waals surface area contributed by atoms with Crippen molar-refractivity contribution in [3.05, 3.63) is 100 Å². The summed E-state index contributed by atoms with van der Waals surface area (Å²) in [6.07, 6.45) is 1.90. The first-order valence-electron chi connectivity index (χ1n) is 8.48. The van der Waals surface area contributed by atoms with Crippen LogP contribution < -0.4 is 0 Å². The lowest BCUT2D eigenvalue weighted by Crippen LogP contribution is -1.92. The largest absolute Gasteiger partial charge is 0.276 e. The molecule has 0 aliphatic rings. The van der Waals surface area contributed by atoms with Crippen LogP contribution in [0.2, 0.25) is 0 Å². The quantitative estimate of drug-likeness (QED) is 0.186. The first-order valence-corrected chi connectivity index (χ1v) is 8.48. The van der Waals surface area contributed by atoms with E-state index in [4.69, 9.17) is 0 Å². The molecule has 0 atom stereocenters. The number of hydrogen-bond donors (Lipinski definition) is 0. The summed E-state index contributed by atoms with van der Waals surface area (Å²) in [5, 5.41) is 16.0. The zero-order chi connectivity index (χ0) is 18.1. The molecule has 4 rings (SSSR count). The van der Waals surface area contributed by atoms with Gasteiger partial charge in [-0.3, -0.25) is 10.1 Å². The molecule has 0 unspecified atom stereocenters. The molecule has 0 amide bonds. The number of benzene rings is 4. The second-order valence-electron chi connectivity index (χ2n) is 6.33. The third-order valence-electron chi connectivity index (χ3n) is 4.70. The zero-order valence-corrected chi connectivity index (χ0v) is 14.3. The number of para-hydroxylation sites is 1. The molecular formula is C23H17NO2. The van der Waals surface area contributed by atoms with E-state index in [1.165, 1.54) is 16.8 Å². The molecule has 0 radical (unpaired) electrons. The van der Waals surface area contributed by atoms with Gasteiger partial charge in [-0.2, -0.15) is 0 Å². The van der Waals surface area contributed by atoms with Crippen LogP contribution >= 0.6 is 0 Å². The van der Waals surface area contributed by atoms with Crippen molar-refractivity contribution >= 4 is 38.9 Å². The summed E-state index contributed by atoms with van der Waals surface area (Å²) in [6.45, 7) is 2.01. The fourth-order valence-electron chi connectivity index (χ4n) is 3.47. The Labute approximate surface area is 151 Å². The number of allylic oxidation sites excluding steroid dienone is 1. The Bertz CT molecular complexity index is 1180. The average molecular weight is 339 g/mol. The van der Waals surface area contributed by atoms with Crippen LogP contribution in [-0.4, -0.2) is 4.92 Å². The van der Waals surface area contributed by atoms with Gasteiger partial charge >= 0.3 is 0 Å². The predicted octanol–water partition coefficient (Wildman–Crippen LogP) is 6.46. The monoisotopic (exact) mass is 339 g/mol. The van der Waals surface area contributed by atoms with Crippen LogP contribution in [-0.2, 0) is 0 Å². The highest BCUT2D eigenvalue weighted by molar-refractivity contribution is 6.12. The Balaban J connectivity index is 1.97. The average Bonchev–Trinajstić information content (AvgIpc) is 2.67. The van der Waals surface area contributed by atoms with Gasteiger partial charge in [0.15, 0.2) is 0 Å². The van der Waals surface area contributed by atoms with Gasteiger partial charge in [0.1, 0.15) is 0 Å². The molecule has 0 bridgehead atoms.